The quantitative estimate of drug-likeness (QED) is 0.664. The first-order valence-electron chi connectivity index (χ1n) is 8.12. The molecule has 2 heterocycles. The Kier molecular flexibility index (Phi) is 5.18. The highest BCUT2D eigenvalue weighted by atomic mass is 32.1. The summed E-state index contributed by atoms with van der Waals surface area (Å²) in [5.41, 5.74) is 3.79. The van der Waals surface area contributed by atoms with Gasteiger partial charge in [-0.3, -0.25) is 0 Å². The predicted octanol–water partition coefficient (Wildman–Crippen LogP) is 4.53. The lowest BCUT2D eigenvalue weighted by Crippen LogP contribution is -2.05. The molecule has 0 aliphatic rings. The summed E-state index contributed by atoms with van der Waals surface area (Å²) in [7, 11) is 1.63. The van der Waals surface area contributed by atoms with E-state index in [-0.39, 0.29) is 5.56 Å². The highest BCUT2D eigenvalue weighted by Crippen LogP contribution is 2.33. The first-order valence-corrected chi connectivity index (χ1v) is 9.06. The van der Waals surface area contributed by atoms with Crippen LogP contribution in [-0.4, -0.2) is 28.2 Å². The zero-order chi connectivity index (χ0) is 18.7. The van der Waals surface area contributed by atoms with E-state index in [1.807, 2.05) is 17.7 Å². The molecule has 0 bridgehead atoms. The van der Waals surface area contributed by atoms with E-state index >= 15 is 0 Å². The summed E-state index contributed by atoms with van der Waals surface area (Å²) in [5.74, 6) is 1.11. The molecule has 0 spiro atoms. The Morgan fingerprint density at radius 1 is 1.23 bits per heavy atom. The van der Waals surface area contributed by atoms with E-state index in [9.17, 15) is 4.79 Å². The minimum Gasteiger partial charge on any atom is -0.495 e. The number of rotatable bonds is 6. The van der Waals surface area contributed by atoms with Crippen molar-refractivity contribution in [3.8, 4) is 17.1 Å². The highest BCUT2D eigenvalue weighted by Gasteiger charge is 2.16. The normalized spacial score (nSPS) is 10.6. The van der Waals surface area contributed by atoms with Gasteiger partial charge >= 0.3 is 5.97 Å². The zero-order valence-corrected chi connectivity index (χ0v) is 15.6. The number of carboxylic acids is 1. The number of aromatic nitrogens is 2. The third kappa shape index (κ3) is 3.52. The minimum absolute atomic E-state index is 0.244. The molecule has 0 saturated carbocycles. The zero-order valence-electron chi connectivity index (χ0n) is 14.7. The number of nitrogens with one attached hydrogen (secondary N) is 1. The lowest BCUT2D eigenvalue weighted by molar-refractivity contribution is 0.0697. The molecule has 0 amide bonds. The van der Waals surface area contributed by atoms with Gasteiger partial charge in [-0.1, -0.05) is 6.92 Å². The van der Waals surface area contributed by atoms with Crippen molar-refractivity contribution in [3.63, 3.8) is 0 Å². The van der Waals surface area contributed by atoms with E-state index < -0.39 is 5.97 Å². The summed E-state index contributed by atoms with van der Waals surface area (Å²) in [6.07, 6.45) is 0.780. The molecule has 2 N–H and O–H groups in total. The Bertz CT molecular complexity index is 936. The summed E-state index contributed by atoms with van der Waals surface area (Å²) >= 11 is 1.53. The fourth-order valence-corrected chi connectivity index (χ4v) is 3.45. The molecule has 3 rings (SSSR count). The van der Waals surface area contributed by atoms with E-state index in [0.29, 0.717) is 11.6 Å². The van der Waals surface area contributed by atoms with Crippen LogP contribution in [0.15, 0.2) is 35.0 Å². The van der Waals surface area contributed by atoms with E-state index in [0.717, 1.165) is 34.7 Å². The minimum atomic E-state index is -0.949. The molecular weight excluding hydrogens is 350 g/mol. The number of carboxylic acid groups (broad SMARTS) is 1. The van der Waals surface area contributed by atoms with Gasteiger partial charge in [-0.25, -0.2) is 14.8 Å². The van der Waals surface area contributed by atoms with Gasteiger partial charge in [0, 0.05) is 27.7 Å². The van der Waals surface area contributed by atoms with Gasteiger partial charge in [0.15, 0.2) is 5.82 Å². The number of methoxy groups -OCH3 is 1. The number of hydrogen-bond donors (Lipinski definition) is 2. The molecule has 0 aliphatic heterocycles. The van der Waals surface area contributed by atoms with Gasteiger partial charge in [0.1, 0.15) is 11.6 Å². The van der Waals surface area contributed by atoms with Gasteiger partial charge in [-0.2, -0.15) is 0 Å². The molecule has 6 nitrogen and oxygen atoms in total. The second-order valence-corrected chi connectivity index (χ2v) is 6.42. The van der Waals surface area contributed by atoms with Crippen LogP contribution in [-0.2, 0) is 6.42 Å². The second-order valence-electron chi connectivity index (χ2n) is 5.67. The van der Waals surface area contributed by atoms with Crippen LogP contribution in [0.5, 0.6) is 5.75 Å². The number of hydrogen-bond acceptors (Lipinski definition) is 6. The van der Waals surface area contributed by atoms with Gasteiger partial charge in [-0.15, -0.1) is 11.3 Å². The van der Waals surface area contributed by atoms with Crippen molar-refractivity contribution in [3.05, 3.63) is 51.8 Å². The maximum Gasteiger partial charge on any atom is 0.335 e. The van der Waals surface area contributed by atoms with E-state index in [4.69, 9.17) is 14.8 Å². The molecule has 0 saturated heterocycles. The molecule has 0 radical (unpaired) electrons. The Balaban J connectivity index is 2.01. The average Bonchev–Trinajstić information content (AvgIpc) is 3.10. The average molecular weight is 369 g/mol. The van der Waals surface area contributed by atoms with Crippen molar-refractivity contribution < 1.29 is 14.6 Å². The van der Waals surface area contributed by atoms with Gasteiger partial charge in [0.25, 0.3) is 0 Å². The first-order chi connectivity index (χ1) is 12.5. The molecule has 2 aromatic heterocycles. The van der Waals surface area contributed by atoms with Crippen LogP contribution in [0.2, 0.25) is 0 Å². The Morgan fingerprint density at radius 3 is 2.58 bits per heavy atom. The van der Waals surface area contributed by atoms with E-state index in [1.165, 1.54) is 11.3 Å². The lowest BCUT2D eigenvalue weighted by Gasteiger charge is -2.14. The molecule has 1 aromatic carbocycles. The summed E-state index contributed by atoms with van der Waals surface area (Å²) in [4.78, 5) is 20.3. The maximum atomic E-state index is 11.0. The van der Waals surface area contributed by atoms with Crippen LogP contribution in [0.1, 0.15) is 28.5 Å². The topological polar surface area (TPSA) is 84.3 Å². The van der Waals surface area contributed by atoms with Crippen LogP contribution in [0.3, 0.4) is 0 Å². The second kappa shape index (κ2) is 7.53. The van der Waals surface area contributed by atoms with Crippen LogP contribution >= 0.6 is 11.3 Å². The first kappa shape index (κ1) is 17.9. The Labute approximate surface area is 155 Å². The number of benzene rings is 1. The van der Waals surface area contributed by atoms with Gasteiger partial charge in [0.05, 0.1) is 18.2 Å². The molecule has 0 aliphatic carbocycles. The molecule has 26 heavy (non-hydrogen) atoms. The molecule has 0 atom stereocenters. The SMILES string of the molecule is CCc1c(C)nc(-c2cscc2OC)nc1Nc1ccc(C(=O)O)cc1. The smallest absolute Gasteiger partial charge is 0.335 e. The van der Waals surface area contributed by atoms with E-state index in [2.05, 4.69) is 17.2 Å². The van der Waals surface area contributed by atoms with Crippen LogP contribution in [0.25, 0.3) is 11.4 Å². The molecule has 3 aromatic rings. The molecule has 0 unspecified atom stereocenters. The molecule has 7 heteroatoms. The molecule has 0 fully saturated rings. The van der Waals surface area contributed by atoms with Gasteiger partial charge in [-0.05, 0) is 37.6 Å². The van der Waals surface area contributed by atoms with Crippen molar-refractivity contribution in [2.24, 2.45) is 0 Å². The van der Waals surface area contributed by atoms with Crippen LogP contribution in [0, 0.1) is 6.92 Å². The number of nitrogens with zero attached hydrogens (tertiary/aromatic N) is 2. The Hall–Kier alpha value is -2.93. The van der Waals surface area contributed by atoms with Crippen molar-refractivity contribution in [2.45, 2.75) is 20.3 Å². The monoisotopic (exact) mass is 369 g/mol. The fraction of sp³-hybridized carbons (Fsp3) is 0.211. The molecular formula is C19H19N3O3S. The largest absolute Gasteiger partial charge is 0.495 e. The van der Waals surface area contributed by atoms with E-state index in [1.54, 1.807) is 31.4 Å². The lowest BCUT2D eigenvalue weighted by atomic mass is 10.1. The summed E-state index contributed by atoms with van der Waals surface area (Å²) < 4.78 is 5.38. The summed E-state index contributed by atoms with van der Waals surface area (Å²) in [6.45, 7) is 4.01. The highest BCUT2D eigenvalue weighted by molar-refractivity contribution is 7.08. The number of carbonyl (C=O) groups is 1. The number of anilines is 2. The summed E-state index contributed by atoms with van der Waals surface area (Å²) in [5, 5.41) is 16.2. The van der Waals surface area contributed by atoms with Gasteiger partial charge in [0.2, 0.25) is 0 Å². The van der Waals surface area contributed by atoms with Crippen LogP contribution < -0.4 is 10.1 Å². The standard InChI is InChI=1S/C19H19N3O3S/c1-4-14-11(2)20-18(15-9-26-10-16(15)25-3)22-17(14)21-13-7-5-12(6-8-13)19(23)24/h5-10H,4H2,1-3H3,(H,23,24)(H,20,21,22). The molecule has 134 valence electrons. The maximum absolute atomic E-state index is 11.0. The predicted molar refractivity (Wildman–Crippen MR) is 103 cm³/mol. The van der Waals surface area contributed by atoms with Crippen molar-refractivity contribution in [1.29, 1.82) is 0 Å². The number of thiophene rings is 1. The number of aryl methyl sites for hydroxylation is 1. The van der Waals surface area contributed by atoms with Gasteiger partial charge < -0.3 is 15.2 Å². The summed E-state index contributed by atoms with van der Waals surface area (Å²) in [6, 6.07) is 6.58. The third-order valence-electron chi connectivity index (χ3n) is 4.05. The number of ether oxygens (including phenoxy) is 1. The van der Waals surface area contributed by atoms with Crippen LogP contribution in [0.4, 0.5) is 11.5 Å². The number of aromatic carboxylic acids is 1. The Morgan fingerprint density at radius 2 is 1.96 bits per heavy atom. The van der Waals surface area contributed by atoms with Crippen molar-refractivity contribution >= 4 is 28.8 Å². The third-order valence-corrected chi connectivity index (χ3v) is 4.77. The fourth-order valence-electron chi connectivity index (χ4n) is 2.68. The van der Waals surface area contributed by atoms with Crippen molar-refractivity contribution in [2.75, 3.05) is 12.4 Å². The van der Waals surface area contributed by atoms with Crippen molar-refractivity contribution in [1.82, 2.24) is 9.97 Å².